The van der Waals surface area contributed by atoms with Crippen LogP contribution in [0.3, 0.4) is 0 Å². The SMILES string of the molecule is CC(C)N1CCC(CC2CCC(OC3CCN(C(C)C)CC3)CC2)CC1. The van der Waals surface area contributed by atoms with Crippen molar-refractivity contribution in [2.75, 3.05) is 26.2 Å². The minimum Gasteiger partial charge on any atom is -0.375 e. The van der Waals surface area contributed by atoms with Gasteiger partial charge in [0.1, 0.15) is 0 Å². The van der Waals surface area contributed by atoms with Gasteiger partial charge in [-0.1, -0.05) is 0 Å². The van der Waals surface area contributed by atoms with Crippen LogP contribution < -0.4 is 0 Å². The molecule has 0 bridgehead atoms. The molecule has 0 radical (unpaired) electrons. The smallest absolute Gasteiger partial charge is 0.0603 e. The topological polar surface area (TPSA) is 15.7 Å². The predicted molar refractivity (Wildman–Crippen MR) is 111 cm³/mol. The number of rotatable bonds is 6. The number of hydrogen-bond acceptors (Lipinski definition) is 3. The Balaban J connectivity index is 1.30. The van der Waals surface area contributed by atoms with E-state index in [-0.39, 0.29) is 0 Å². The van der Waals surface area contributed by atoms with E-state index in [1.54, 1.807) is 0 Å². The molecule has 152 valence electrons. The van der Waals surface area contributed by atoms with E-state index in [1.165, 1.54) is 84.0 Å². The lowest BCUT2D eigenvalue weighted by Gasteiger charge is -2.39. The Kier molecular flexibility index (Phi) is 7.84. The maximum Gasteiger partial charge on any atom is 0.0603 e. The molecule has 26 heavy (non-hydrogen) atoms. The summed E-state index contributed by atoms with van der Waals surface area (Å²) in [7, 11) is 0. The first-order valence-electron chi connectivity index (χ1n) is 11.6. The van der Waals surface area contributed by atoms with E-state index in [1.807, 2.05) is 0 Å². The van der Waals surface area contributed by atoms with E-state index in [0.717, 1.165) is 17.9 Å². The summed E-state index contributed by atoms with van der Waals surface area (Å²) in [5.74, 6) is 1.97. The van der Waals surface area contributed by atoms with Gasteiger partial charge in [-0.05, 0) is 110 Å². The van der Waals surface area contributed by atoms with Crippen molar-refractivity contribution in [1.29, 1.82) is 0 Å². The summed E-state index contributed by atoms with van der Waals surface area (Å²) in [6.07, 6.45) is 13.4. The summed E-state index contributed by atoms with van der Waals surface area (Å²) < 4.78 is 6.51. The summed E-state index contributed by atoms with van der Waals surface area (Å²) in [5.41, 5.74) is 0. The summed E-state index contributed by atoms with van der Waals surface area (Å²) in [6.45, 7) is 14.4. The molecule has 0 aromatic rings. The van der Waals surface area contributed by atoms with Gasteiger partial charge in [0.25, 0.3) is 0 Å². The summed E-state index contributed by atoms with van der Waals surface area (Å²) in [5, 5.41) is 0. The Hall–Kier alpha value is -0.120. The van der Waals surface area contributed by atoms with Crippen molar-refractivity contribution in [3.63, 3.8) is 0 Å². The maximum atomic E-state index is 6.51. The van der Waals surface area contributed by atoms with E-state index in [4.69, 9.17) is 4.74 Å². The van der Waals surface area contributed by atoms with Crippen LogP contribution in [0.2, 0.25) is 0 Å². The molecule has 1 saturated carbocycles. The Bertz CT molecular complexity index is 349. The molecule has 0 spiro atoms. The molecule has 2 saturated heterocycles. The number of ether oxygens (including phenoxy) is 1. The highest BCUT2D eigenvalue weighted by molar-refractivity contribution is 4.81. The van der Waals surface area contributed by atoms with Crippen LogP contribution in [0.25, 0.3) is 0 Å². The molecule has 0 aromatic heterocycles. The highest BCUT2D eigenvalue weighted by atomic mass is 16.5. The zero-order chi connectivity index (χ0) is 18.5. The third kappa shape index (κ3) is 5.94. The van der Waals surface area contributed by atoms with Crippen molar-refractivity contribution < 1.29 is 4.74 Å². The minimum absolute atomic E-state index is 0.534. The molecule has 0 amide bonds. The van der Waals surface area contributed by atoms with Gasteiger partial charge in [-0.15, -0.1) is 0 Å². The number of likely N-dealkylation sites (tertiary alicyclic amines) is 2. The van der Waals surface area contributed by atoms with Crippen LogP contribution in [-0.2, 0) is 4.74 Å². The fourth-order valence-electron chi connectivity index (χ4n) is 5.48. The second-order valence-electron chi connectivity index (χ2n) is 9.92. The van der Waals surface area contributed by atoms with Gasteiger partial charge in [0.2, 0.25) is 0 Å². The maximum absolute atomic E-state index is 6.51. The Morgan fingerprint density at radius 2 is 1.04 bits per heavy atom. The highest BCUT2D eigenvalue weighted by Gasteiger charge is 2.29. The average Bonchev–Trinajstić information content (AvgIpc) is 2.64. The predicted octanol–water partition coefficient (Wildman–Crippen LogP) is 4.95. The van der Waals surface area contributed by atoms with Crippen molar-refractivity contribution in [2.24, 2.45) is 11.8 Å². The van der Waals surface area contributed by atoms with E-state index in [0.29, 0.717) is 18.2 Å². The van der Waals surface area contributed by atoms with Crippen molar-refractivity contribution in [3.05, 3.63) is 0 Å². The monoisotopic (exact) mass is 364 g/mol. The summed E-state index contributed by atoms with van der Waals surface area (Å²) >= 11 is 0. The van der Waals surface area contributed by atoms with Gasteiger partial charge in [-0.2, -0.15) is 0 Å². The molecule has 2 heterocycles. The first-order valence-corrected chi connectivity index (χ1v) is 11.6. The molecule has 0 N–H and O–H groups in total. The number of nitrogens with zero attached hydrogens (tertiary/aromatic N) is 2. The van der Waals surface area contributed by atoms with E-state index >= 15 is 0 Å². The molecule has 1 aliphatic carbocycles. The Labute approximate surface area is 162 Å². The molecule has 0 aromatic carbocycles. The molecule has 0 unspecified atom stereocenters. The van der Waals surface area contributed by atoms with Crippen molar-refractivity contribution in [2.45, 2.75) is 110 Å². The van der Waals surface area contributed by atoms with Crippen LogP contribution in [0, 0.1) is 11.8 Å². The normalized spacial score (nSPS) is 31.2. The first-order chi connectivity index (χ1) is 12.5. The van der Waals surface area contributed by atoms with Crippen LogP contribution >= 0.6 is 0 Å². The Morgan fingerprint density at radius 1 is 0.615 bits per heavy atom. The van der Waals surface area contributed by atoms with Gasteiger partial charge >= 0.3 is 0 Å². The van der Waals surface area contributed by atoms with Gasteiger partial charge in [0.15, 0.2) is 0 Å². The quantitative estimate of drug-likeness (QED) is 0.663. The third-order valence-corrected chi connectivity index (χ3v) is 7.43. The molecule has 2 aliphatic heterocycles. The third-order valence-electron chi connectivity index (χ3n) is 7.43. The first kappa shape index (κ1) is 20.6. The zero-order valence-electron chi connectivity index (χ0n) is 18.0. The fraction of sp³-hybridized carbons (Fsp3) is 1.00. The van der Waals surface area contributed by atoms with Crippen LogP contribution in [-0.4, -0.2) is 60.3 Å². The van der Waals surface area contributed by atoms with Crippen LogP contribution in [0.1, 0.15) is 85.5 Å². The molecule has 3 aliphatic rings. The molecule has 3 rings (SSSR count). The second kappa shape index (κ2) is 9.89. The van der Waals surface area contributed by atoms with Crippen molar-refractivity contribution in [1.82, 2.24) is 9.80 Å². The van der Waals surface area contributed by atoms with E-state index in [2.05, 4.69) is 37.5 Å². The fourth-order valence-corrected chi connectivity index (χ4v) is 5.48. The summed E-state index contributed by atoms with van der Waals surface area (Å²) in [4.78, 5) is 5.26. The van der Waals surface area contributed by atoms with Crippen LogP contribution in [0.5, 0.6) is 0 Å². The molecule has 3 heteroatoms. The van der Waals surface area contributed by atoms with Gasteiger partial charge in [0.05, 0.1) is 12.2 Å². The lowest BCUT2D eigenvalue weighted by Crippen LogP contribution is -2.42. The van der Waals surface area contributed by atoms with E-state index < -0.39 is 0 Å². The second-order valence-corrected chi connectivity index (χ2v) is 9.92. The molecule has 3 fully saturated rings. The molecule has 0 atom stereocenters. The van der Waals surface area contributed by atoms with Gasteiger partial charge in [-0.25, -0.2) is 0 Å². The van der Waals surface area contributed by atoms with Gasteiger partial charge in [-0.3, -0.25) is 0 Å². The number of piperidine rings is 2. The molecular weight excluding hydrogens is 320 g/mol. The standard InChI is InChI=1S/C23H44N2O/c1-18(2)24-13-9-21(10-14-24)17-20-5-7-22(8-6-20)26-23-11-15-25(16-12-23)19(3)4/h18-23H,5-17H2,1-4H3. The summed E-state index contributed by atoms with van der Waals surface area (Å²) in [6, 6.07) is 1.43. The van der Waals surface area contributed by atoms with Gasteiger partial charge in [0, 0.05) is 25.2 Å². The number of hydrogen-bond donors (Lipinski definition) is 0. The molecule has 3 nitrogen and oxygen atoms in total. The van der Waals surface area contributed by atoms with Crippen LogP contribution in [0.15, 0.2) is 0 Å². The lowest BCUT2D eigenvalue weighted by atomic mass is 9.79. The highest BCUT2D eigenvalue weighted by Crippen LogP contribution is 2.35. The van der Waals surface area contributed by atoms with Crippen molar-refractivity contribution >= 4 is 0 Å². The largest absolute Gasteiger partial charge is 0.375 e. The average molecular weight is 365 g/mol. The van der Waals surface area contributed by atoms with E-state index in [9.17, 15) is 0 Å². The van der Waals surface area contributed by atoms with Gasteiger partial charge < -0.3 is 14.5 Å². The lowest BCUT2D eigenvalue weighted by molar-refractivity contribution is -0.0647. The Morgan fingerprint density at radius 3 is 1.54 bits per heavy atom. The van der Waals surface area contributed by atoms with Crippen LogP contribution in [0.4, 0.5) is 0 Å². The molecular formula is C23H44N2O. The minimum atomic E-state index is 0.534. The zero-order valence-corrected chi connectivity index (χ0v) is 18.0. The van der Waals surface area contributed by atoms with Crippen molar-refractivity contribution in [3.8, 4) is 0 Å².